The average molecular weight is 829 g/mol. The lowest BCUT2D eigenvalue weighted by molar-refractivity contribution is 0.557. The number of amidine groups is 1. The minimum atomic E-state index is -4.34. The molecule has 0 saturated heterocycles. The maximum absolute atomic E-state index is 14.1. The largest absolute Gasteiger partial charge is 0.610 e. The van der Waals surface area contributed by atoms with Gasteiger partial charge in [0.25, 0.3) is 5.03 Å². The molecule has 3 unspecified atom stereocenters. The number of benzene rings is 4. The molecule has 0 aliphatic heterocycles. The summed E-state index contributed by atoms with van der Waals surface area (Å²) >= 11 is 2.60. The molecule has 0 bridgehead atoms. The highest BCUT2D eigenvalue weighted by Crippen LogP contribution is 2.32. The maximum atomic E-state index is 14.1. The quantitative estimate of drug-likeness (QED) is 0.0518. The van der Waals surface area contributed by atoms with E-state index in [9.17, 15) is 30.3 Å². The summed E-state index contributed by atoms with van der Waals surface area (Å²) in [6, 6.07) is 26.3. The maximum Gasteiger partial charge on any atom is 0.262 e. The first-order chi connectivity index (χ1) is 25.6. The Balaban J connectivity index is 1.47. The van der Waals surface area contributed by atoms with E-state index in [0.29, 0.717) is 22.5 Å². The number of rotatable bonds is 14. The van der Waals surface area contributed by atoms with Gasteiger partial charge in [-0.05, 0) is 68.3 Å². The van der Waals surface area contributed by atoms with Crippen LogP contribution in [0.4, 0.5) is 4.39 Å². The molecule has 54 heavy (non-hydrogen) atoms. The first-order valence-electron chi connectivity index (χ1n) is 16.6. The van der Waals surface area contributed by atoms with Crippen LogP contribution in [0.3, 0.4) is 0 Å². The van der Waals surface area contributed by atoms with E-state index < -0.39 is 64.0 Å². The van der Waals surface area contributed by atoms with Gasteiger partial charge in [0.05, 0.1) is 9.79 Å². The summed E-state index contributed by atoms with van der Waals surface area (Å²) in [5.74, 6) is -0.695. The number of nitrogens with zero attached hydrogens (tertiary/aromatic N) is 2. The topological polar surface area (TPSA) is 167 Å². The van der Waals surface area contributed by atoms with Gasteiger partial charge in [-0.15, -0.1) is 0 Å². The number of hydrogen-bond acceptors (Lipinski definition) is 8. The van der Waals surface area contributed by atoms with Crippen LogP contribution in [0, 0.1) is 11.7 Å². The predicted octanol–water partition coefficient (Wildman–Crippen LogP) is 7.08. The monoisotopic (exact) mass is 828 g/mol. The number of halogens is 2. The Morgan fingerprint density at radius 3 is 2.19 bits per heavy atom. The van der Waals surface area contributed by atoms with E-state index in [0.717, 1.165) is 29.7 Å². The number of sulfone groups is 2. The highest BCUT2D eigenvalue weighted by molar-refractivity contribution is 7.98. The third kappa shape index (κ3) is 9.82. The number of aliphatic imine (C=N–C) groups is 1. The Morgan fingerprint density at radius 2 is 1.57 bits per heavy atom. The van der Waals surface area contributed by atoms with Crippen molar-refractivity contribution in [2.45, 2.75) is 52.3 Å². The Labute approximate surface area is 326 Å². The van der Waals surface area contributed by atoms with E-state index in [1.54, 1.807) is 75.4 Å². The molecule has 1 aromatic heterocycles. The third-order valence-electron chi connectivity index (χ3n) is 8.05. The van der Waals surface area contributed by atoms with Gasteiger partial charge in [-0.3, -0.25) is 15.3 Å². The van der Waals surface area contributed by atoms with Crippen molar-refractivity contribution in [2.24, 2.45) is 10.9 Å². The molecule has 284 valence electrons. The Kier molecular flexibility index (Phi) is 13.5. The highest BCUT2D eigenvalue weighted by atomic mass is 35.5. The lowest BCUT2D eigenvalue weighted by atomic mass is 10.0. The summed E-state index contributed by atoms with van der Waals surface area (Å²) in [5.41, 5.74) is 1.54. The third-order valence-corrected chi connectivity index (χ3v) is 14.9. The van der Waals surface area contributed by atoms with Crippen LogP contribution in [0.15, 0.2) is 138 Å². The smallest absolute Gasteiger partial charge is 0.262 e. The zero-order chi connectivity index (χ0) is 39.2. The summed E-state index contributed by atoms with van der Waals surface area (Å²) in [4.78, 5) is 11.2. The summed E-state index contributed by atoms with van der Waals surface area (Å²) in [5, 5.41) is 3.08. The molecule has 16 heteroatoms. The minimum Gasteiger partial charge on any atom is -0.610 e. The van der Waals surface area contributed by atoms with Gasteiger partial charge in [0.1, 0.15) is 33.9 Å². The highest BCUT2D eigenvalue weighted by Gasteiger charge is 2.34. The van der Waals surface area contributed by atoms with Crippen LogP contribution in [-0.4, -0.2) is 59.8 Å². The first kappa shape index (κ1) is 41.2. The van der Waals surface area contributed by atoms with Crippen molar-refractivity contribution in [3.05, 3.63) is 136 Å². The molecule has 0 radical (unpaired) electrons. The average Bonchev–Trinajstić information content (AvgIpc) is 3.61. The van der Waals surface area contributed by atoms with E-state index in [2.05, 4.69) is 20.3 Å². The molecule has 5 aromatic rings. The molecule has 0 saturated carbocycles. The number of aromatic amines is 1. The Hall–Kier alpha value is -3.96. The molecule has 2 N–H and O–H groups in total. The van der Waals surface area contributed by atoms with Crippen molar-refractivity contribution in [2.75, 3.05) is 12.8 Å². The number of imidazole rings is 1. The minimum absolute atomic E-state index is 0.0622. The van der Waals surface area contributed by atoms with Gasteiger partial charge in [-0.2, -0.15) is 0 Å². The molecule has 0 aliphatic carbocycles. The second kappa shape index (κ2) is 17.7. The van der Waals surface area contributed by atoms with Crippen LogP contribution in [0.2, 0.25) is 5.02 Å². The Morgan fingerprint density at radius 1 is 0.944 bits per heavy atom. The van der Waals surface area contributed by atoms with Gasteiger partial charge in [0, 0.05) is 51.5 Å². The van der Waals surface area contributed by atoms with Crippen molar-refractivity contribution in [3.8, 4) is 11.4 Å². The van der Waals surface area contributed by atoms with E-state index in [1.165, 1.54) is 25.2 Å². The molecule has 0 spiro atoms. The van der Waals surface area contributed by atoms with Gasteiger partial charge in [-0.25, -0.2) is 26.2 Å². The molecular formula is C38H38ClFN4O6S4. The summed E-state index contributed by atoms with van der Waals surface area (Å²) in [6.07, 6.45) is 0.0795. The van der Waals surface area contributed by atoms with E-state index in [1.807, 2.05) is 6.07 Å². The van der Waals surface area contributed by atoms with Gasteiger partial charge in [0.2, 0.25) is 29.7 Å². The first-order valence-corrected chi connectivity index (χ1v) is 22.5. The zero-order valence-electron chi connectivity index (χ0n) is 29.7. The molecule has 1 heterocycles. The molecule has 3 atom stereocenters. The zero-order valence-corrected chi connectivity index (χ0v) is 33.7. The van der Waals surface area contributed by atoms with Gasteiger partial charge < -0.3 is 9.11 Å². The SMILES string of the molecule is C/N=C(\N/C(=C/S(=O)(=O)c1ccc(Cl)cc1CC(C)C[S+]([O-])c1[nH]c(-c2ccccc2)nc1S(=O)(=O)c1ccc(F)cc1)[S+]([O-])C(C)C)c1ccccc1. The van der Waals surface area contributed by atoms with Crippen LogP contribution in [-0.2, 0) is 48.4 Å². The van der Waals surface area contributed by atoms with Crippen molar-refractivity contribution < 1.29 is 30.3 Å². The van der Waals surface area contributed by atoms with Gasteiger partial charge >= 0.3 is 0 Å². The Bertz CT molecular complexity index is 2360. The molecule has 0 amide bonds. The molecule has 10 nitrogen and oxygen atoms in total. The standard InChI is InChI=1S/C38H38ClFN4O6S4/c1-25(2)52(46)34(42-35(41-4)27-11-7-5-8-12-27)24-53(47,48)33-20-15-30(39)22-29(33)21-26(3)23-51(45)37-38(44-36(43-37)28-13-9-6-10-14-28)54(49,50)32-18-16-31(40)17-19-32/h5-20,22,24-26H,21,23H2,1-4H3,(H,41,42)(H,43,44)/b34-24-. The summed E-state index contributed by atoms with van der Waals surface area (Å²) in [7, 11) is -7.07. The molecule has 5 rings (SSSR count). The van der Waals surface area contributed by atoms with Crippen molar-refractivity contribution in [1.29, 1.82) is 0 Å². The lowest BCUT2D eigenvalue weighted by Crippen LogP contribution is -2.32. The summed E-state index contributed by atoms with van der Waals surface area (Å²) in [6.45, 7) is 5.16. The van der Waals surface area contributed by atoms with Crippen molar-refractivity contribution in [3.63, 3.8) is 0 Å². The predicted molar refractivity (Wildman–Crippen MR) is 212 cm³/mol. The van der Waals surface area contributed by atoms with E-state index in [-0.39, 0.29) is 42.9 Å². The fourth-order valence-corrected chi connectivity index (χ4v) is 11.4. The number of H-pyrrole nitrogens is 1. The van der Waals surface area contributed by atoms with Crippen LogP contribution in [0.25, 0.3) is 11.4 Å². The van der Waals surface area contributed by atoms with Gasteiger partial charge in [0.15, 0.2) is 0 Å². The van der Waals surface area contributed by atoms with Crippen LogP contribution < -0.4 is 5.32 Å². The van der Waals surface area contributed by atoms with Crippen LogP contribution >= 0.6 is 11.6 Å². The fraction of sp³-hybridized carbons (Fsp3) is 0.211. The lowest BCUT2D eigenvalue weighted by Gasteiger charge is -2.20. The second-order valence-corrected chi connectivity index (χ2v) is 20.0. The fourth-order valence-electron chi connectivity index (χ4n) is 5.45. The summed E-state index contributed by atoms with van der Waals surface area (Å²) < 4.78 is 96.9. The molecule has 0 fully saturated rings. The number of aromatic nitrogens is 2. The number of nitrogens with one attached hydrogen (secondary N) is 2. The van der Waals surface area contributed by atoms with Crippen LogP contribution in [0.5, 0.6) is 0 Å². The van der Waals surface area contributed by atoms with Gasteiger partial charge in [-0.1, -0.05) is 79.2 Å². The van der Waals surface area contributed by atoms with E-state index >= 15 is 0 Å². The van der Waals surface area contributed by atoms with Crippen LogP contribution in [0.1, 0.15) is 31.9 Å². The molecular weight excluding hydrogens is 791 g/mol. The molecule has 0 aliphatic rings. The molecule has 4 aromatic carbocycles. The van der Waals surface area contributed by atoms with Crippen molar-refractivity contribution in [1.82, 2.24) is 15.3 Å². The normalized spacial score (nSPS) is 14.5. The van der Waals surface area contributed by atoms with E-state index in [4.69, 9.17) is 11.6 Å². The number of hydrogen-bond donors (Lipinski definition) is 2. The second-order valence-electron chi connectivity index (χ2n) is 12.6. The van der Waals surface area contributed by atoms with Crippen molar-refractivity contribution >= 4 is 59.5 Å².